The largest absolute Gasteiger partial charge is 0.495 e. The first-order valence-electron chi connectivity index (χ1n) is 7.00. The lowest BCUT2D eigenvalue weighted by molar-refractivity contribution is 0.396. The summed E-state index contributed by atoms with van der Waals surface area (Å²) in [7, 11) is -0.567. The van der Waals surface area contributed by atoms with E-state index >= 15 is 0 Å². The van der Waals surface area contributed by atoms with E-state index in [0.29, 0.717) is 18.7 Å². The highest BCUT2D eigenvalue weighted by molar-refractivity contribution is 7.89. The molecule has 6 heteroatoms. The van der Waals surface area contributed by atoms with E-state index in [1.807, 2.05) is 19.9 Å². The van der Waals surface area contributed by atoms with E-state index in [9.17, 15) is 8.42 Å². The highest BCUT2D eigenvalue weighted by atomic mass is 32.2. The SMILES string of the molecule is COc1cc(C)c(C)cc1S(=O)(=O)N(C)CCc1ccco1. The van der Waals surface area contributed by atoms with Crippen molar-refractivity contribution in [3.8, 4) is 5.75 Å². The van der Waals surface area contributed by atoms with Gasteiger partial charge in [-0.05, 0) is 49.2 Å². The maximum atomic E-state index is 12.8. The standard InChI is InChI=1S/C16H21NO4S/c1-12-10-15(20-4)16(11-13(12)2)22(18,19)17(3)8-7-14-6-5-9-21-14/h5-6,9-11H,7-8H2,1-4H3. The van der Waals surface area contributed by atoms with E-state index in [1.54, 1.807) is 31.5 Å². The van der Waals surface area contributed by atoms with Crippen LogP contribution in [0.4, 0.5) is 0 Å². The molecule has 0 amide bonds. The Labute approximate surface area is 131 Å². The van der Waals surface area contributed by atoms with Crippen molar-refractivity contribution in [2.24, 2.45) is 0 Å². The van der Waals surface area contributed by atoms with Crippen molar-refractivity contribution in [3.63, 3.8) is 0 Å². The average Bonchev–Trinajstić information content (AvgIpc) is 3.00. The zero-order valence-electron chi connectivity index (χ0n) is 13.3. The van der Waals surface area contributed by atoms with Crippen molar-refractivity contribution in [1.29, 1.82) is 0 Å². The zero-order valence-corrected chi connectivity index (χ0v) is 14.1. The molecule has 0 atom stereocenters. The third-order valence-electron chi connectivity index (χ3n) is 3.72. The summed E-state index contributed by atoms with van der Waals surface area (Å²) in [6.45, 7) is 4.15. The Hall–Kier alpha value is -1.79. The Balaban J connectivity index is 2.27. The van der Waals surface area contributed by atoms with Gasteiger partial charge in [-0.2, -0.15) is 0 Å². The number of ether oxygens (including phenoxy) is 1. The van der Waals surface area contributed by atoms with Crippen LogP contribution in [-0.4, -0.2) is 33.4 Å². The van der Waals surface area contributed by atoms with Crippen LogP contribution in [0.15, 0.2) is 39.8 Å². The highest BCUT2D eigenvalue weighted by Gasteiger charge is 2.25. The van der Waals surface area contributed by atoms with Crippen LogP contribution in [0.3, 0.4) is 0 Å². The van der Waals surface area contributed by atoms with Crippen LogP contribution in [0.25, 0.3) is 0 Å². The second kappa shape index (κ2) is 6.54. The summed E-state index contributed by atoms with van der Waals surface area (Å²) in [5.74, 6) is 1.13. The molecule has 2 aromatic rings. The fraction of sp³-hybridized carbons (Fsp3) is 0.375. The second-order valence-corrected chi connectivity index (χ2v) is 7.26. The minimum atomic E-state index is -3.61. The molecule has 0 aliphatic rings. The van der Waals surface area contributed by atoms with Crippen LogP contribution in [0.1, 0.15) is 16.9 Å². The predicted octanol–water partition coefficient (Wildman–Crippen LogP) is 2.77. The van der Waals surface area contributed by atoms with Gasteiger partial charge in [-0.15, -0.1) is 0 Å². The van der Waals surface area contributed by atoms with E-state index in [1.165, 1.54) is 11.4 Å². The normalized spacial score (nSPS) is 11.9. The lowest BCUT2D eigenvalue weighted by Crippen LogP contribution is -2.29. The lowest BCUT2D eigenvalue weighted by Gasteiger charge is -2.19. The number of sulfonamides is 1. The minimum Gasteiger partial charge on any atom is -0.495 e. The fourth-order valence-electron chi connectivity index (χ4n) is 2.13. The van der Waals surface area contributed by atoms with Gasteiger partial charge >= 0.3 is 0 Å². The first-order chi connectivity index (χ1) is 10.4. The van der Waals surface area contributed by atoms with Gasteiger partial charge in [-0.1, -0.05) is 0 Å². The molecule has 120 valence electrons. The molecule has 1 aromatic carbocycles. The molecule has 1 aromatic heterocycles. The number of hydrogen-bond acceptors (Lipinski definition) is 4. The maximum Gasteiger partial charge on any atom is 0.246 e. The fourth-order valence-corrected chi connectivity index (χ4v) is 3.52. The van der Waals surface area contributed by atoms with Crippen LogP contribution in [0.2, 0.25) is 0 Å². The van der Waals surface area contributed by atoms with Crippen molar-refractivity contribution < 1.29 is 17.6 Å². The summed E-state index contributed by atoms with van der Waals surface area (Å²) in [5.41, 5.74) is 1.91. The van der Waals surface area contributed by atoms with Crippen LogP contribution in [0, 0.1) is 13.8 Å². The zero-order chi connectivity index (χ0) is 16.3. The van der Waals surface area contributed by atoms with Gasteiger partial charge < -0.3 is 9.15 Å². The summed E-state index contributed by atoms with van der Waals surface area (Å²) < 4.78 is 37.3. The van der Waals surface area contributed by atoms with Crippen molar-refractivity contribution in [2.75, 3.05) is 20.7 Å². The number of rotatable bonds is 6. The Kier molecular flexibility index (Phi) is 4.93. The number of aryl methyl sites for hydroxylation is 2. The molecule has 0 bridgehead atoms. The number of nitrogens with zero attached hydrogens (tertiary/aromatic N) is 1. The number of hydrogen-bond donors (Lipinski definition) is 0. The highest BCUT2D eigenvalue weighted by Crippen LogP contribution is 2.29. The Morgan fingerprint density at radius 3 is 2.50 bits per heavy atom. The Bertz CT molecular complexity index is 736. The quantitative estimate of drug-likeness (QED) is 0.820. The van der Waals surface area contributed by atoms with Crippen LogP contribution >= 0.6 is 0 Å². The molecule has 0 aliphatic carbocycles. The molecular formula is C16H21NO4S. The monoisotopic (exact) mass is 323 g/mol. The minimum absolute atomic E-state index is 0.194. The van der Waals surface area contributed by atoms with Gasteiger partial charge in [0.2, 0.25) is 10.0 Å². The van der Waals surface area contributed by atoms with Crippen LogP contribution in [-0.2, 0) is 16.4 Å². The molecule has 0 radical (unpaired) electrons. The first kappa shape index (κ1) is 16.6. The van der Waals surface area contributed by atoms with Crippen molar-refractivity contribution in [2.45, 2.75) is 25.2 Å². The maximum absolute atomic E-state index is 12.8. The lowest BCUT2D eigenvalue weighted by atomic mass is 10.1. The second-order valence-electron chi connectivity index (χ2n) is 5.24. The van der Waals surface area contributed by atoms with Crippen molar-refractivity contribution >= 4 is 10.0 Å². The summed E-state index contributed by atoms with van der Waals surface area (Å²) in [5, 5.41) is 0. The topological polar surface area (TPSA) is 59.8 Å². The molecule has 0 saturated carbocycles. The summed E-state index contributed by atoms with van der Waals surface area (Å²) in [6.07, 6.45) is 2.10. The third kappa shape index (κ3) is 3.34. The Morgan fingerprint density at radius 1 is 1.23 bits per heavy atom. The van der Waals surface area contributed by atoms with Gasteiger partial charge in [0.15, 0.2) is 0 Å². The Morgan fingerprint density at radius 2 is 1.91 bits per heavy atom. The van der Waals surface area contributed by atoms with Gasteiger partial charge in [0.25, 0.3) is 0 Å². The van der Waals surface area contributed by atoms with E-state index in [-0.39, 0.29) is 4.90 Å². The van der Waals surface area contributed by atoms with E-state index in [4.69, 9.17) is 9.15 Å². The van der Waals surface area contributed by atoms with Crippen LogP contribution < -0.4 is 4.74 Å². The molecule has 22 heavy (non-hydrogen) atoms. The van der Waals surface area contributed by atoms with Gasteiger partial charge in [0.05, 0.1) is 13.4 Å². The smallest absolute Gasteiger partial charge is 0.246 e. The number of furan rings is 1. The summed E-state index contributed by atoms with van der Waals surface area (Å²) in [4.78, 5) is 0.194. The molecular weight excluding hydrogens is 302 g/mol. The van der Waals surface area contributed by atoms with Crippen LogP contribution in [0.5, 0.6) is 5.75 Å². The van der Waals surface area contributed by atoms with Gasteiger partial charge in [0, 0.05) is 20.0 Å². The molecule has 0 unspecified atom stereocenters. The molecule has 0 fully saturated rings. The van der Waals surface area contributed by atoms with Crippen molar-refractivity contribution in [1.82, 2.24) is 4.31 Å². The number of benzene rings is 1. The molecule has 0 N–H and O–H groups in total. The molecule has 0 saturated heterocycles. The average molecular weight is 323 g/mol. The first-order valence-corrected chi connectivity index (χ1v) is 8.44. The van der Waals surface area contributed by atoms with Gasteiger partial charge in [0.1, 0.15) is 16.4 Å². The van der Waals surface area contributed by atoms with Crippen molar-refractivity contribution in [3.05, 3.63) is 47.4 Å². The molecule has 5 nitrogen and oxygen atoms in total. The third-order valence-corrected chi connectivity index (χ3v) is 5.60. The molecule has 0 aliphatic heterocycles. The molecule has 1 heterocycles. The number of likely N-dealkylation sites (N-methyl/N-ethyl adjacent to an activating group) is 1. The summed E-state index contributed by atoms with van der Waals surface area (Å²) in [6, 6.07) is 7.03. The van der Waals surface area contributed by atoms with E-state index < -0.39 is 10.0 Å². The number of methoxy groups -OCH3 is 1. The van der Waals surface area contributed by atoms with Gasteiger partial charge in [-0.25, -0.2) is 12.7 Å². The van der Waals surface area contributed by atoms with Gasteiger partial charge in [-0.3, -0.25) is 0 Å². The summed E-state index contributed by atoms with van der Waals surface area (Å²) >= 11 is 0. The molecule has 0 spiro atoms. The molecule has 2 rings (SSSR count). The predicted molar refractivity (Wildman–Crippen MR) is 84.7 cm³/mol. The van der Waals surface area contributed by atoms with E-state index in [0.717, 1.165) is 16.9 Å². The van der Waals surface area contributed by atoms with E-state index in [2.05, 4.69) is 0 Å².